The van der Waals surface area contributed by atoms with Crippen molar-refractivity contribution in [2.75, 3.05) is 5.32 Å². The number of nitro benzene ring substituents is 1. The highest BCUT2D eigenvalue weighted by atomic mass is 79.9. The first-order valence-corrected chi connectivity index (χ1v) is 8.08. The Kier molecular flexibility index (Phi) is 3.96. The van der Waals surface area contributed by atoms with Gasteiger partial charge in [-0.1, -0.05) is 22.0 Å². The molecule has 0 unspecified atom stereocenters. The minimum absolute atomic E-state index is 0.0327. The number of nitrogens with one attached hydrogen (secondary N) is 1. The first-order chi connectivity index (χ1) is 11.3. The summed E-state index contributed by atoms with van der Waals surface area (Å²) in [6, 6.07) is 7.51. The summed E-state index contributed by atoms with van der Waals surface area (Å²) in [4.78, 5) is 36.5. The van der Waals surface area contributed by atoms with Crippen molar-refractivity contribution in [1.29, 1.82) is 0 Å². The molecule has 7 heteroatoms. The van der Waals surface area contributed by atoms with Gasteiger partial charge < -0.3 is 5.32 Å². The third-order valence-corrected chi connectivity index (χ3v) is 4.42. The summed E-state index contributed by atoms with van der Waals surface area (Å²) < 4.78 is 0.488. The van der Waals surface area contributed by atoms with E-state index in [1.165, 1.54) is 18.2 Å². The van der Waals surface area contributed by atoms with Crippen LogP contribution in [0.2, 0.25) is 0 Å². The predicted octanol–water partition coefficient (Wildman–Crippen LogP) is 3.95. The monoisotopic (exact) mass is 388 g/mol. The quantitative estimate of drug-likeness (QED) is 0.541. The molecule has 24 heavy (non-hydrogen) atoms. The number of anilines is 1. The number of carbonyl (C=O) groups is 2. The van der Waals surface area contributed by atoms with Gasteiger partial charge in [0.2, 0.25) is 5.78 Å². The summed E-state index contributed by atoms with van der Waals surface area (Å²) in [5.74, 6) is -0.918. The van der Waals surface area contributed by atoms with Gasteiger partial charge in [0.25, 0.3) is 5.69 Å². The molecular weight excluding hydrogens is 376 g/mol. The fourth-order valence-electron chi connectivity index (χ4n) is 2.85. The molecule has 2 aromatic carbocycles. The van der Waals surface area contributed by atoms with E-state index in [0.717, 1.165) is 0 Å². The molecule has 6 nitrogen and oxygen atoms in total. The molecular formula is C17H13BrN2O4. The van der Waals surface area contributed by atoms with E-state index < -0.39 is 16.5 Å². The van der Waals surface area contributed by atoms with E-state index in [-0.39, 0.29) is 34.0 Å². The van der Waals surface area contributed by atoms with E-state index >= 15 is 0 Å². The molecule has 0 aliphatic heterocycles. The maximum atomic E-state index is 13.0. The molecule has 2 aromatic rings. The lowest BCUT2D eigenvalue weighted by molar-refractivity contribution is -0.385. The maximum absolute atomic E-state index is 13.0. The SMILES string of the molecule is CC(C)Nc1ccc(Br)c2c1C(=O)c1c(cccc1[N+](=O)[O-])C2=O. The standard InChI is InChI=1S/C17H13BrN2O4/c1-8(2)19-11-7-6-10(18)14-15(11)17(22)13-9(16(14)21)4-3-5-12(13)20(23)24/h3-8,19H,1-2H3. The lowest BCUT2D eigenvalue weighted by Gasteiger charge is -2.22. The van der Waals surface area contributed by atoms with Gasteiger partial charge in [-0.2, -0.15) is 0 Å². The average molecular weight is 389 g/mol. The number of nitrogens with zero attached hydrogens (tertiary/aromatic N) is 1. The maximum Gasteiger partial charge on any atom is 0.281 e. The molecule has 3 rings (SSSR count). The van der Waals surface area contributed by atoms with Crippen molar-refractivity contribution in [3.05, 3.63) is 67.2 Å². The predicted molar refractivity (Wildman–Crippen MR) is 92.9 cm³/mol. The fraction of sp³-hybridized carbons (Fsp3) is 0.176. The van der Waals surface area contributed by atoms with Crippen molar-refractivity contribution in [1.82, 2.24) is 0 Å². The Morgan fingerprint density at radius 1 is 1.04 bits per heavy atom. The smallest absolute Gasteiger partial charge is 0.281 e. The fourth-order valence-corrected chi connectivity index (χ4v) is 3.36. The normalized spacial score (nSPS) is 12.8. The largest absolute Gasteiger partial charge is 0.382 e. The van der Waals surface area contributed by atoms with Gasteiger partial charge in [0.05, 0.1) is 16.1 Å². The Bertz CT molecular complexity index is 906. The number of carbonyl (C=O) groups excluding carboxylic acids is 2. The van der Waals surface area contributed by atoms with Crippen molar-refractivity contribution >= 4 is 38.9 Å². The van der Waals surface area contributed by atoms with Crippen molar-refractivity contribution in [2.45, 2.75) is 19.9 Å². The summed E-state index contributed by atoms with van der Waals surface area (Å²) in [5.41, 5.74) is 0.454. The second kappa shape index (κ2) is 5.83. The summed E-state index contributed by atoms with van der Waals surface area (Å²) in [5, 5.41) is 14.4. The van der Waals surface area contributed by atoms with Gasteiger partial charge >= 0.3 is 0 Å². The van der Waals surface area contributed by atoms with Crippen molar-refractivity contribution < 1.29 is 14.5 Å². The highest BCUT2D eigenvalue weighted by Crippen LogP contribution is 2.39. The molecule has 1 aliphatic rings. The summed E-state index contributed by atoms with van der Waals surface area (Å²) in [7, 11) is 0. The second-order valence-electron chi connectivity index (χ2n) is 5.76. The number of nitro groups is 1. The number of halogens is 1. The molecule has 0 atom stereocenters. The van der Waals surface area contributed by atoms with Crippen LogP contribution in [0.1, 0.15) is 45.7 Å². The van der Waals surface area contributed by atoms with Crippen LogP contribution in [0, 0.1) is 10.1 Å². The van der Waals surface area contributed by atoms with E-state index in [1.807, 2.05) is 13.8 Å². The van der Waals surface area contributed by atoms with E-state index in [2.05, 4.69) is 21.2 Å². The molecule has 0 spiro atoms. The zero-order chi connectivity index (χ0) is 17.6. The summed E-state index contributed by atoms with van der Waals surface area (Å²) in [6.07, 6.45) is 0. The number of benzene rings is 2. The molecule has 0 bridgehead atoms. The second-order valence-corrected chi connectivity index (χ2v) is 6.61. The highest BCUT2D eigenvalue weighted by Gasteiger charge is 2.38. The van der Waals surface area contributed by atoms with Crippen LogP contribution in [-0.4, -0.2) is 22.5 Å². The minimum atomic E-state index is -0.636. The van der Waals surface area contributed by atoms with Gasteiger partial charge in [0, 0.05) is 27.8 Å². The van der Waals surface area contributed by atoms with Crippen molar-refractivity contribution in [3.8, 4) is 0 Å². The van der Waals surface area contributed by atoms with Crippen molar-refractivity contribution in [3.63, 3.8) is 0 Å². The molecule has 0 saturated heterocycles. The van der Waals surface area contributed by atoms with Gasteiger partial charge in [-0.05, 0) is 32.0 Å². The minimum Gasteiger partial charge on any atom is -0.382 e. The Morgan fingerprint density at radius 2 is 1.75 bits per heavy atom. The summed E-state index contributed by atoms with van der Waals surface area (Å²) in [6.45, 7) is 3.81. The van der Waals surface area contributed by atoms with Gasteiger partial charge in [-0.15, -0.1) is 0 Å². The Balaban J connectivity index is 2.34. The third-order valence-electron chi connectivity index (χ3n) is 3.76. The lowest BCUT2D eigenvalue weighted by Crippen LogP contribution is -2.25. The third kappa shape index (κ3) is 2.41. The van der Waals surface area contributed by atoms with Crippen LogP contribution in [0.15, 0.2) is 34.8 Å². The van der Waals surface area contributed by atoms with E-state index in [9.17, 15) is 19.7 Å². The molecule has 1 aliphatic carbocycles. The number of ketones is 2. The van der Waals surface area contributed by atoms with Gasteiger partial charge in [0.1, 0.15) is 5.56 Å². The Morgan fingerprint density at radius 3 is 2.38 bits per heavy atom. The molecule has 0 radical (unpaired) electrons. The number of rotatable bonds is 3. The molecule has 0 amide bonds. The first-order valence-electron chi connectivity index (χ1n) is 7.28. The van der Waals surface area contributed by atoms with Gasteiger partial charge in [0.15, 0.2) is 5.78 Å². The zero-order valence-electron chi connectivity index (χ0n) is 12.9. The van der Waals surface area contributed by atoms with E-state index in [4.69, 9.17) is 0 Å². The number of hydrogen-bond acceptors (Lipinski definition) is 5. The summed E-state index contributed by atoms with van der Waals surface area (Å²) >= 11 is 3.31. The number of hydrogen-bond donors (Lipinski definition) is 1. The lowest BCUT2D eigenvalue weighted by atomic mass is 9.82. The van der Waals surface area contributed by atoms with Crippen LogP contribution in [0.5, 0.6) is 0 Å². The van der Waals surface area contributed by atoms with Crippen LogP contribution < -0.4 is 5.32 Å². The van der Waals surface area contributed by atoms with Crippen LogP contribution in [0.4, 0.5) is 11.4 Å². The molecule has 0 saturated carbocycles. The molecule has 0 fully saturated rings. The average Bonchev–Trinajstić information content (AvgIpc) is 2.52. The van der Waals surface area contributed by atoms with Crippen molar-refractivity contribution in [2.24, 2.45) is 0 Å². The van der Waals surface area contributed by atoms with Crippen LogP contribution in [0.25, 0.3) is 0 Å². The molecule has 0 aromatic heterocycles. The first kappa shape index (κ1) is 16.3. The Hall–Kier alpha value is -2.54. The Labute approximate surface area is 146 Å². The topological polar surface area (TPSA) is 89.3 Å². The van der Waals surface area contributed by atoms with E-state index in [1.54, 1.807) is 12.1 Å². The van der Waals surface area contributed by atoms with Gasteiger partial charge in [-0.3, -0.25) is 19.7 Å². The molecule has 1 N–H and O–H groups in total. The molecule has 122 valence electrons. The van der Waals surface area contributed by atoms with Crippen LogP contribution in [0.3, 0.4) is 0 Å². The van der Waals surface area contributed by atoms with Crippen LogP contribution >= 0.6 is 15.9 Å². The van der Waals surface area contributed by atoms with Gasteiger partial charge in [-0.25, -0.2) is 0 Å². The number of fused-ring (bicyclic) bond motifs is 2. The highest BCUT2D eigenvalue weighted by molar-refractivity contribution is 9.10. The van der Waals surface area contributed by atoms with Crippen LogP contribution in [-0.2, 0) is 0 Å². The van der Waals surface area contributed by atoms with E-state index in [0.29, 0.717) is 10.2 Å². The zero-order valence-corrected chi connectivity index (χ0v) is 14.5. The molecule has 0 heterocycles.